The molecule has 1 atom stereocenters. The van der Waals surface area contributed by atoms with Crippen LogP contribution in [0.2, 0.25) is 0 Å². The molecule has 7 heteroatoms. The summed E-state index contributed by atoms with van der Waals surface area (Å²) in [6, 6.07) is 10.7. The Bertz CT molecular complexity index is 985. The van der Waals surface area contributed by atoms with Crippen LogP contribution in [0.25, 0.3) is 10.9 Å². The van der Waals surface area contributed by atoms with Gasteiger partial charge in [-0.05, 0) is 49.7 Å². The van der Waals surface area contributed by atoms with Gasteiger partial charge in [0.25, 0.3) is 0 Å². The zero-order valence-corrected chi connectivity index (χ0v) is 16.2. The lowest BCUT2D eigenvalue weighted by atomic mass is 10.2. The summed E-state index contributed by atoms with van der Waals surface area (Å²) in [6.07, 6.45) is 1.93. The van der Waals surface area contributed by atoms with Gasteiger partial charge in [-0.3, -0.25) is 4.79 Å². The molecule has 0 bridgehead atoms. The van der Waals surface area contributed by atoms with E-state index in [9.17, 15) is 9.90 Å². The number of rotatable bonds is 7. The summed E-state index contributed by atoms with van der Waals surface area (Å²) in [5.74, 6) is 1.47. The average molecular weight is 380 g/mol. The number of carbonyl (C=O) groups is 1. The molecule has 0 aliphatic carbocycles. The third-order valence-electron chi connectivity index (χ3n) is 4.30. The van der Waals surface area contributed by atoms with Crippen molar-refractivity contribution in [2.24, 2.45) is 0 Å². The van der Waals surface area contributed by atoms with Crippen molar-refractivity contribution in [3.8, 4) is 11.5 Å². The van der Waals surface area contributed by atoms with Crippen LogP contribution in [0.15, 0.2) is 42.7 Å². The number of nitrogens with one attached hydrogen (secondary N) is 2. The standard InChI is InChI=1S/C21H24N4O3/c1-4-19(27)24-14(3)11-28-18-7-5-6-16-20(18)21(23-12-22-16)25-15-8-9-17(26)13(2)10-15/h5-10,12,14,26H,4,11H2,1-3H3,(H,24,27)(H,22,23,25). The molecule has 3 rings (SSSR count). The summed E-state index contributed by atoms with van der Waals surface area (Å²) in [4.78, 5) is 20.2. The molecule has 0 aliphatic rings. The third kappa shape index (κ3) is 4.49. The highest BCUT2D eigenvalue weighted by molar-refractivity contribution is 5.95. The van der Waals surface area contributed by atoms with Gasteiger partial charge in [-0.2, -0.15) is 0 Å². The van der Waals surface area contributed by atoms with Crippen molar-refractivity contribution in [1.82, 2.24) is 15.3 Å². The Morgan fingerprint density at radius 1 is 1.25 bits per heavy atom. The molecule has 3 aromatic rings. The third-order valence-corrected chi connectivity index (χ3v) is 4.30. The molecule has 7 nitrogen and oxygen atoms in total. The second-order valence-corrected chi connectivity index (χ2v) is 6.63. The van der Waals surface area contributed by atoms with Gasteiger partial charge in [0, 0.05) is 12.1 Å². The van der Waals surface area contributed by atoms with E-state index in [-0.39, 0.29) is 17.7 Å². The van der Waals surface area contributed by atoms with E-state index >= 15 is 0 Å². The molecular weight excluding hydrogens is 356 g/mol. The number of hydrogen-bond donors (Lipinski definition) is 3. The number of fused-ring (bicyclic) bond motifs is 1. The molecule has 1 heterocycles. The van der Waals surface area contributed by atoms with Gasteiger partial charge in [-0.1, -0.05) is 13.0 Å². The lowest BCUT2D eigenvalue weighted by Crippen LogP contribution is -2.36. The van der Waals surface area contributed by atoms with Crippen LogP contribution in [-0.4, -0.2) is 33.6 Å². The van der Waals surface area contributed by atoms with Crippen LogP contribution in [0.3, 0.4) is 0 Å². The van der Waals surface area contributed by atoms with Crippen molar-refractivity contribution >= 4 is 28.3 Å². The Labute approximate surface area is 163 Å². The molecule has 146 valence electrons. The van der Waals surface area contributed by atoms with Gasteiger partial charge in [0.05, 0.1) is 16.9 Å². The van der Waals surface area contributed by atoms with Crippen molar-refractivity contribution in [1.29, 1.82) is 0 Å². The van der Waals surface area contributed by atoms with Gasteiger partial charge >= 0.3 is 0 Å². The first-order valence-electron chi connectivity index (χ1n) is 9.20. The van der Waals surface area contributed by atoms with E-state index in [2.05, 4.69) is 20.6 Å². The lowest BCUT2D eigenvalue weighted by molar-refractivity contribution is -0.121. The maximum atomic E-state index is 11.5. The first-order chi connectivity index (χ1) is 13.5. The van der Waals surface area contributed by atoms with E-state index < -0.39 is 0 Å². The van der Waals surface area contributed by atoms with Crippen molar-refractivity contribution in [3.05, 3.63) is 48.3 Å². The fraction of sp³-hybridized carbons (Fsp3) is 0.286. The van der Waals surface area contributed by atoms with Crippen LogP contribution in [-0.2, 0) is 4.79 Å². The van der Waals surface area contributed by atoms with E-state index in [1.807, 2.05) is 45.0 Å². The highest BCUT2D eigenvalue weighted by atomic mass is 16.5. The number of aromatic hydroxyl groups is 1. The summed E-state index contributed by atoms with van der Waals surface area (Å²) < 4.78 is 5.97. The Kier molecular flexibility index (Phi) is 5.93. The normalized spacial score (nSPS) is 11.8. The quantitative estimate of drug-likeness (QED) is 0.541. The number of ether oxygens (including phenoxy) is 1. The number of anilines is 2. The van der Waals surface area contributed by atoms with E-state index in [0.717, 1.165) is 22.2 Å². The first kappa shape index (κ1) is 19.4. The number of hydrogen-bond acceptors (Lipinski definition) is 6. The number of phenols is 1. The zero-order chi connectivity index (χ0) is 20.1. The Morgan fingerprint density at radius 2 is 2.07 bits per heavy atom. The number of nitrogens with zero attached hydrogens (tertiary/aromatic N) is 2. The summed E-state index contributed by atoms with van der Waals surface area (Å²) in [6.45, 7) is 5.87. The topological polar surface area (TPSA) is 96.4 Å². The number of carbonyl (C=O) groups excluding carboxylic acids is 1. The molecule has 0 radical (unpaired) electrons. The van der Waals surface area contributed by atoms with Crippen molar-refractivity contribution in [2.75, 3.05) is 11.9 Å². The molecule has 0 aliphatic heterocycles. The van der Waals surface area contributed by atoms with Crippen molar-refractivity contribution in [3.63, 3.8) is 0 Å². The molecule has 0 saturated carbocycles. The predicted octanol–water partition coefficient (Wildman–Crippen LogP) is 3.68. The second-order valence-electron chi connectivity index (χ2n) is 6.63. The maximum absolute atomic E-state index is 11.5. The molecule has 2 aromatic carbocycles. The van der Waals surface area contributed by atoms with E-state index in [4.69, 9.17) is 4.74 Å². The summed E-state index contributed by atoms with van der Waals surface area (Å²) in [5.41, 5.74) is 2.31. The SMILES string of the molecule is CCC(=O)NC(C)COc1cccc2ncnc(Nc3ccc(O)c(C)c3)c12. The zero-order valence-electron chi connectivity index (χ0n) is 16.2. The van der Waals surface area contributed by atoms with Crippen LogP contribution >= 0.6 is 0 Å². The van der Waals surface area contributed by atoms with Crippen LogP contribution in [0.5, 0.6) is 11.5 Å². The van der Waals surface area contributed by atoms with E-state index in [1.165, 1.54) is 6.33 Å². The minimum absolute atomic E-state index is 0.0117. The minimum atomic E-state index is -0.122. The van der Waals surface area contributed by atoms with Gasteiger partial charge in [0.1, 0.15) is 30.3 Å². The number of phenolic OH excluding ortho intramolecular Hbond substituents is 1. The largest absolute Gasteiger partial charge is 0.508 e. The van der Waals surface area contributed by atoms with Crippen molar-refractivity contribution < 1.29 is 14.6 Å². The van der Waals surface area contributed by atoms with Crippen LogP contribution in [0, 0.1) is 6.92 Å². The van der Waals surface area contributed by atoms with Crippen LogP contribution in [0.4, 0.5) is 11.5 Å². The molecule has 1 unspecified atom stereocenters. The van der Waals surface area contributed by atoms with Gasteiger partial charge in [-0.15, -0.1) is 0 Å². The van der Waals surface area contributed by atoms with Gasteiger partial charge in [-0.25, -0.2) is 9.97 Å². The van der Waals surface area contributed by atoms with E-state index in [1.54, 1.807) is 12.1 Å². The minimum Gasteiger partial charge on any atom is -0.508 e. The fourth-order valence-electron chi connectivity index (χ4n) is 2.80. The predicted molar refractivity (Wildman–Crippen MR) is 109 cm³/mol. The lowest BCUT2D eigenvalue weighted by Gasteiger charge is -2.17. The number of aromatic nitrogens is 2. The highest BCUT2D eigenvalue weighted by Gasteiger charge is 2.13. The highest BCUT2D eigenvalue weighted by Crippen LogP contribution is 2.32. The molecule has 1 amide bonds. The second kappa shape index (κ2) is 8.56. The number of aryl methyl sites for hydroxylation is 1. The Balaban J connectivity index is 1.87. The summed E-state index contributed by atoms with van der Waals surface area (Å²) in [5, 5.41) is 16.6. The van der Waals surface area contributed by atoms with Gasteiger partial charge in [0.15, 0.2) is 0 Å². The van der Waals surface area contributed by atoms with Gasteiger partial charge in [0.2, 0.25) is 5.91 Å². The fourth-order valence-corrected chi connectivity index (χ4v) is 2.80. The summed E-state index contributed by atoms with van der Waals surface area (Å²) in [7, 11) is 0. The molecule has 3 N–H and O–H groups in total. The smallest absolute Gasteiger partial charge is 0.220 e. The average Bonchev–Trinajstić information content (AvgIpc) is 2.69. The molecule has 28 heavy (non-hydrogen) atoms. The monoisotopic (exact) mass is 380 g/mol. The first-order valence-corrected chi connectivity index (χ1v) is 9.20. The van der Waals surface area contributed by atoms with Crippen LogP contribution < -0.4 is 15.4 Å². The molecule has 0 saturated heterocycles. The van der Waals surface area contributed by atoms with E-state index in [0.29, 0.717) is 24.6 Å². The Morgan fingerprint density at radius 3 is 2.82 bits per heavy atom. The number of benzene rings is 2. The van der Waals surface area contributed by atoms with Crippen molar-refractivity contribution in [2.45, 2.75) is 33.2 Å². The molecule has 0 fully saturated rings. The molecule has 1 aromatic heterocycles. The van der Waals surface area contributed by atoms with Gasteiger partial charge < -0.3 is 20.5 Å². The van der Waals surface area contributed by atoms with Crippen LogP contribution in [0.1, 0.15) is 25.8 Å². The molecular formula is C21H24N4O3. The maximum Gasteiger partial charge on any atom is 0.220 e. The Hall–Kier alpha value is -3.35. The summed E-state index contributed by atoms with van der Waals surface area (Å²) >= 11 is 0. The number of amides is 1. The molecule has 0 spiro atoms.